The summed E-state index contributed by atoms with van der Waals surface area (Å²) in [5.74, 6) is -1.61. The van der Waals surface area contributed by atoms with Crippen molar-refractivity contribution in [3.05, 3.63) is 59.4 Å². The van der Waals surface area contributed by atoms with Gasteiger partial charge in [-0.25, -0.2) is 9.18 Å². The van der Waals surface area contributed by atoms with Crippen molar-refractivity contribution in [2.45, 2.75) is 13.8 Å². The van der Waals surface area contributed by atoms with E-state index in [9.17, 15) is 18.8 Å². The van der Waals surface area contributed by atoms with Crippen LogP contribution in [0.15, 0.2) is 42.5 Å². The predicted molar refractivity (Wildman–Crippen MR) is 105 cm³/mol. The third-order valence-electron chi connectivity index (χ3n) is 3.50. The molecule has 4 amide bonds. The molecule has 27 heavy (non-hydrogen) atoms. The molecule has 2 rings (SSSR count). The van der Waals surface area contributed by atoms with Gasteiger partial charge in [0.2, 0.25) is 11.8 Å². The van der Waals surface area contributed by atoms with Gasteiger partial charge in [0.1, 0.15) is 5.82 Å². The predicted octanol–water partition coefficient (Wildman–Crippen LogP) is 3.46. The van der Waals surface area contributed by atoms with Crippen molar-refractivity contribution in [2.24, 2.45) is 0 Å². The van der Waals surface area contributed by atoms with Crippen molar-refractivity contribution in [1.29, 1.82) is 0 Å². The average Bonchev–Trinajstić information content (AvgIpc) is 2.59. The maximum Gasteiger partial charge on any atom is 0.325 e. The minimum atomic E-state index is -0.636. The molecule has 0 aromatic heterocycles. The van der Waals surface area contributed by atoms with Crippen molar-refractivity contribution in [3.63, 3.8) is 0 Å². The number of para-hydroxylation sites is 1. The van der Waals surface area contributed by atoms with Crippen molar-refractivity contribution >= 4 is 41.0 Å². The van der Waals surface area contributed by atoms with Crippen molar-refractivity contribution in [2.75, 3.05) is 22.1 Å². The Morgan fingerprint density at radius 2 is 1.63 bits per heavy atom. The Hall–Kier alpha value is -2.87. The Labute approximate surface area is 160 Å². The number of aryl methyl sites for hydroxylation is 2. The van der Waals surface area contributed by atoms with E-state index in [-0.39, 0.29) is 17.2 Å². The van der Waals surface area contributed by atoms with Gasteiger partial charge in [0.05, 0.1) is 17.2 Å². The highest BCUT2D eigenvalue weighted by Crippen LogP contribution is 2.16. The lowest BCUT2D eigenvalue weighted by Crippen LogP contribution is -2.36. The summed E-state index contributed by atoms with van der Waals surface area (Å²) in [4.78, 5) is 35.4. The molecule has 0 heterocycles. The topological polar surface area (TPSA) is 87.3 Å². The Balaban J connectivity index is 1.71. The Morgan fingerprint density at radius 1 is 0.926 bits per heavy atom. The first kappa shape index (κ1) is 20.4. The summed E-state index contributed by atoms with van der Waals surface area (Å²) < 4.78 is 13.4. The number of urea groups is 1. The molecule has 6 nitrogen and oxygen atoms in total. The molecule has 142 valence electrons. The summed E-state index contributed by atoms with van der Waals surface area (Å²) in [7, 11) is 0. The molecule has 0 radical (unpaired) electrons. The smallest absolute Gasteiger partial charge is 0.323 e. The zero-order valence-corrected chi connectivity index (χ0v) is 15.8. The molecular formula is C19H20FN3O3S. The third kappa shape index (κ3) is 6.74. The summed E-state index contributed by atoms with van der Waals surface area (Å²) in [6, 6.07) is 10.7. The highest BCUT2D eigenvalue weighted by molar-refractivity contribution is 8.00. The lowest BCUT2D eigenvalue weighted by molar-refractivity contribution is -0.117. The van der Waals surface area contributed by atoms with Crippen LogP contribution in [-0.2, 0) is 9.59 Å². The molecule has 0 atom stereocenters. The first-order valence-corrected chi connectivity index (χ1v) is 9.31. The number of hydrogen-bond donors (Lipinski definition) is 3. The normalized spacial score (nSPS) is 10.2. The summed E-state index contributed by atoms with van der Waals surface area (Å²) in [5, 5.41) is 7.23. The molecule has 0 saturated heterocycles. The number of thioether (sulfide) groups is 1. The molecule has 2 aromatic carbocycles. The molecule has 0 aliphatic carbocycles. The molecule has 0 bridgehead atoms. The zero-order chi connectivity index (χ0) is 19.8. The van der Waals surface area contributed by atoms with Gasteiger partial charge in [-0.05, 0) is 37.6 Å². The van der Waals surface area contributed by atoms with Gasteiger partial charge in [-0.2, -0.15) is 0 Å². The molecule has 3 N–H and O–H groups in total. The van der Waals surface area contributed by atoms with E-state index in [1.165, 1.54) is 18.2 Å². The number of halogens is 1. The molecular weight excluding hydrogens is 369 g/mol. The Morgan fingerprint density at radius 3 is 2.33 bits per heavy atom. The van der Waals surface area contributed by atoms with Gasteiger partial charge in [-0.1, -0.05) is 29.8 Å². The summed E-state index contributed by atoms with van der Waals surface area (Å²) in [6.45, 7) is 3.80. The number of carbonyl (C=O) groups excluding carboxylic acids is 3. The van der Waals surface area contributed by atoms with Crippen LogP contribution < -0.4 is 16.0 Å². The molecule has 0 unspecified atom stereocenters. The first-order valence-electron chi connectivity index (χ1n) is 8.15. The molecule has 8 heteroatoms. The van der Waals surface area contributed by atoms with Crippen LogP contribution in [0.5, 0.6) is 0 Å². The Bertz CT molecular complexity index is 858. The second-order valence-corrected chi connectivity index (χ2v) is 6.83. The molecule has 0 aliphatic heterocycles. The zero-order valence-electron chi connectivity index (χ0n) is 15.0. The first-order chi connectivity index (χ1) is 12.8. The lowest BCUT2D eigenvalue weighted by Gasteiger charge is -2.10. The van der Waals surface area contributed by atoms with Crippen molar-refractivity contribution in [1.82, 2.24) is 5.32 Å². The maximum atomic E-state index is 13.4. The fourth-order valence-electron chi connectivity index (χ4n) is 2.26. The van der Waals surface area contributed by atoms with E-state index in [4.69, 9.17) is 0 Å². The summed E-state index contributed by atoms with van der Waals surface area (Å²) in [5.41, 5.74) is 2.65. The molecule has 2 aromatic rings. The summed E-state index contributed by atoms with van der Waals surface area (Å²) in [6.07, 6.45) is 0. The van der Waals surface area contributed by atoms with Crippen LogP contribution in [0.25, 0.3) is 0 Å². The van der Waals surface area contributed by atoms with Crippen LogP contribution in [0, 0.1) is 19.7 Å². The van der Waals surface area contributed by atoms with Gasteiger partial charge >= 0.3 is 6.03 Å². The number of nitrogens with one attached hydrogen (secondary N) is 3. The highest BCUT2D eigenvalue weighted by Gasteiger charge is 2.11. The second-order valence-electron chi connectivity index (χ2n) is 5.84. The van der Waals surface area contributed by atoms with Gasteiger partial charge in [0.15, 0.2) is 0 Å². The van der Waals surface area contributed by atoms with E-state index in [2.05, 4.69) is 16.0 Å². The average molecular weight is 389 g/mol. The van der Waals surface area contributed by atoms with Crippen LogP contribution in [0.3, 0.4) is 0 Å². The molecule has 0 aliphatic rings. The van der Waals surface area contributed by atoms with Gasteiger partial charge in [-0.15, -0.1) is 11.8 Å². The van der Waals surface area contributed by atoms with E-state index in [1.807, 2.05) is 26.0 Å². The van der Waals surface area contributed by atoms with Crippen molar-refractivity contribution < 1.29 is 18.8 Å². The van der Waals surface area contributed by atoms with E-state index >= 15 is 0 Å². The van der Waals surface area contributed by atoms with Crippen LogP contribution in [-0.4, -0.2) is 29.4 Å². The number of imide groups is 1. The number of amides is 4. The van der Waals surface area contributed by atoms with E-state index < -0.39 is 23.7 Å². The van der Waals surface area contributed by atoms with E-state index in [1.54, 1.807) is 12.1 Å². The van der Waals surface area contributed by atoms with Gasteiger partial charge in [0.25, 0.3) is 0 Å². The Kier molecular flexibility index (Phi) is 7.36. The van der Waals surface area contributed by atoms with Gasteiger partial charge in [0, 0.05) is 5.69 Å². The summed E-state index contributed by atoms with van der Waals surface area (Å²) >= 11 is 1.02. The fourth-order valence-corrected chi connectivity index (χ4v) is 2.87. The second kappa shape index (κ2) is 9.72. The van der Waals surface area contributed by atoms with E-state index in [0.717, 1.165) is 22.9 Å². The SMILES string of the molecule is Cc1ccc(NC(=O)NC(=O)CSCC(=O)Nc2ccccc2F)c(C)c1. The van der Waals surface area contributed by atoms with Crippen molar-refractivity contribution in [3.8, 4) is 0 Å². The van der Waals surface area contributed by atoms with Crippen LogP contribution in [0.2, 0.25) is 0 Å². The van der Waals surface area contributed by atoms with Crippen LogP contribution >= 0.6 is 11.8 Å². The van der Waals surface area contributed by atoms with Gasteiger partial charge in [-0.3, -0.25) is 14.9 Å². The number of anilines is 2. The fraction of sp³-hybridized carbons (Fsp3) is 0.211. The van der Waals surface area contributed by atoms with E-state index in [0.29, 0.717) is 5.69 Å². The highest BCUT2D eigenvalue weighted by atomic mass is 32.2. The van der Waals surface area contributed by atoms with Crippen LogP contribution in [0.1, 0.15) is 11.1 Å². The minimum Gasteiger partial charge on any atom is -0.323 e. The maximum absolute atomic E-state index is 13.4. The molecule has 0 fully saturated rings. The number of rotatable bonds is 6. The minimum absolute atomic E-state index is 0.0412. The number of hydrogen-bond acceptors (Lipinski definition) is 4. The number of benzene rings is 2. The largest absolute Gasteiger partial charge is 0.325 e. The standard InChI is InChI=1S/C19H20FN3O3S/c1-12-7-8-15(13(2)9-12)22-19(26)23-18(25)11-27-10-17(24)21-16-6-4-3-5-14(16)20/h3-9H,10-11H2,1-2H3,(H,21,24)(H2,22,23,25,26). The van der Waals surface area contributed by atoms with Gasteiger partial charge < -0.3 is 10.6 Å². The quantitative estimate of drug-likeness (QED) is 0.706. The van der Waals surface area contributed by atoms with Crippen LogP contribution in [0.4, 0.5) is 20.6 Å². The molecule has 0 spiro atoms. The number of carbonyl (C=O) groups is 3. The molecule has 0 saturated carbocycles. The lowest BCUT2D eigenvalue weighted by atomic mass is 10.1. The third-order valence-corrected chi connectivity index (χ3v) is 4.43. The monoisotopic (exact) mass is 389 g/mol.